The summed E-state index contributed by atoms with van der Waals surface area (Å²) >= 11 is 1.43. The second-order valence-corrected chi connectivity index (χ2v) is 5.83. The molecule has 2 aromatic rings. The van der Waals surface area contributed by atoms with Crippen molar-refractivity contribution in [2.24, 2.45) is 0 Å². The van der Waals surface area contributed by atoms with E-state index in [0.717, 1.165) is 33.7 Å². The van der Waals surface area contributed by atoms with Crippen molar-refractivity contribution in [1.29, 1.82) is 0 Å². The monoisotopic (exact) mass is 305 g/mol. The summed E-state index contributed by atoms with van der Waals surface area (Å²) in [5.41, 5.74) is 9.27. The van der Waals surface area contributed by atoms with Crippen molar-refractivity contribution >= 4 is 22.3 Å². The number of hydrogen-bond acceptors (Lipinski definition) is 5. The Morgan fingerprint density at radius 3 is 2.62 bits per heavy atom. The van der Waals surface area contributed by atoms with Gasteiger partial charge in [0.1, 0.15) is 16.3 Å². The van der Waals surface area contributed by atoms with Gasteiger partial charge in [-0.2, -0.15) is 0 Å². The number of rotatable bonds is 4. The van der Waals surface area contributed by atoms with E-state index in [1.54, 1.807) is 7.11 Å². The standard InChI is InChI=1S/C16H19NO3S/c1-5-12-13(14(15(17)21-12)16(18)20-4)10-8-9(2)6-7-11(10)19-3/h6-8H,5,17H2,1-4H3. The largest absolute Gasteiger partial charge is 0.496 e. The predicted molar refractivity (Wildman–Crippen MR) is 86.2 cm³/mol. The molecule has 112 valence electrons. The van der Waals surface area contributed by atoms with E-state index in [2.05, 4.69) is 0 Å². The first-order chi connectivity index (χ1) is 10.0. The lowest BCUT2D eigenvalue weighted by Gasteiger charge is -2.12. The molecule has 0 radical (unpaired) electrons. The van der Waals surface area contributed by atoms with E-state index >= 15 is 0 Å². The molecular formula is C16H19NO3S. The average Bonchev–Trinajstić information content (AvgIpc) is 2.82. The first kappa shape index (κ1) is 15.4. The van der Waals surface area contributed by atoms with Crippen molar-refractivity contribution in [2.75, 3.05) is 20.0 Å². The minimum atomic E-state index is -0.415. The molecule has 0 aliphatic carbocycles. The Labute approximate surface area is 128 Å². The number of benzene rings is 1. The van der Waals surface area contributed by atoms with Crippen LogP contribution in [-0.2, 0) is 11.2 Å². The normalized spacial score (nSPS) is 10.5. The summed E-state index contributed by atoms with van der Waals surface area (Å²) in [4.78, 5) is 13.2. The fourth-order valence-electron chi connectivity index (χ4n) is 2.35. The molecule has 4 nitrogen and oxygen atoms in total. The van der Waals surface area contributed by atoms with Crippen molar-refractivity contribution in [3.63, 3.8) is 0 Å². The zero-order valence-electron chi connectivity index (χ0n) is 12.6. The van der Waals surface area contributed by atoms with Gasteiger partial charge in [-0.25, -0.2) is 4.79 Å². The fourth-order valence-corrected chi connectivity index (χ4v) is 3.36. The Morgan fingerprint density at radius 1 is 1.33 bits per heavy atom. The predicted octanol–water partition coefficient (Wildman–Crippen LogP) is 3.66. The maximum Gasteiger partial charge on any atom is 0.341 e. The third-order valence-corrected chi connectivity index (χ3v) is 4.51. The van der Waals surface area contributed by atoms with Crippen LogP contribution in [0.4, 0.5) is 5.00 Å². The number of hydrogen-bond donors (Lipinski definition) is 1. The highest BCUT2D eigenvalue weighted by molar-refractivity contribution is 7.17. The smallest absolute Gasteiger partial charge is 0.341 e. The Hall–Kier alpha value is -2.01. The second kappa shape index (κ2) is 6.18. The van der Waals surface area contributed by atoms with Crippen LogP contribution in [0, 0.1) is 6.92 Å². The maximum atomic E-state index is 12.1. The Balaban J connectivity index is 2.79. The van der Waals surface area contributed by atoms with Crippen molar-refractivity contribution in [3.8, 4) is 16.9 Å². The summed E-state index contributed by atoms with van der Waals surface area (Å²) in [7, 11) is 2.98. The number of nitrogens with two attached hydrogens (primary N) is 1. The van der Waals surface area contributed by atoms with Crippen LogP contribution in [0.2, 0.25) is 0 Å². The van der Waals surface area contributed by atoms with Crippen LogP contribution < -0.4 is 10.5 Å². The van der Waals surface area contributed by atoms with Crippen LogP contribution in [0.25, 0.3) is 11.1 Å². The zero-order chi connectivity index (χ0) is 15.6. The lowest BCUT2D eigenvalue weighted by Crippen LogP contribution is -2.05. The van der Waals surface area contributed by atoms with Gasteiger partial charge in [0.25, 0.3) is 0 Å². The fraction of sp³-hybridized carbons (Fsp3) is 0.312. The number of carbonyl (C=O) groups excluding carboxylic acids is 1. The van der Waals surface area contributed by atoms with Crippen LogP contribution >= 0.6 is 11.3 Å². The van der Waals surface area contributed by atoms with Crippen LogP contribution in [0.5, 0.6) is 5.75 Å². The first-order valence-electron chi connectivity index (χ1n) is 6.67. The number of esters is 1. The van der Waals surface area contributed by atoms with Gasteiger partial charge in [-0.05, 0) is 25.5 Å². The van der Waals surface area contributed by atoms with Gasteiger partial charge in [-0.3, -0.25) is 0 Å². The second-order valence-electron chi connectivity index (χ2n) is 4.69. The summed E-state index contributed by atoms with van der Waals surface area (Å²) in [6, 6.07) is 5.88. The molecule has 0 aliphatic heterocycles. The van der Waals surface area contributed by atoms with Gasteiger partial charge < -0.3 is 15.2 Å². The molecule has 1 aromatic carbocycles. The minimum Gasteiger partial charge on any atom is -0.496 e. The summed E-state index contributed by atoms with van der Waals surface area (Å²) < 4.78 is 10.3. The van der Waals surface area contributed by atoms with E-state index in [-0.39, 0.29) is 0 Å². The van der Waals surface area contributed by atoms with Gasteiger partial charge in [-0.15, -0.1) is 11.3 Å². The number of anilines is 1. The molecular weight excluding hydrogens is 286 g/mol. The SMILES string of the molecule is CCc1sc(N)c(C(=O)OC)c1-c1cc(C)ccc1OC. The number of methoxy groups -OCH3 is 2. The summed E-state index contributed by atoms with van der Waals surface area (Å²) in [5, 5.41) is 0.484. The Kier molecular flexibility index (Phi) is 4.53. The summed E-state index contributed by atoms with van der Waals surface area (Å²) in [6.45, 7) is 4.04. The van der Waals surface area contributed by atoms with E-state index < -0.39 is 5.97 Å². The number of thiophene rings is 1. The molecule has 21 heavy (non-hydrogen) atoms. The van der Waals surface area contributed by atoms with Crippen LogP contribution in [-0.4, -0.2) is 20.2 Å². The van der Waals surface area contributed by atoms with Gasteiger partial charge in [0.2, 0.25) is 0 Å². The highest BCUT2D eigenvalue weighted by Crippen LogP contribution is 2.43. The van der Waals surface area contributed by atoms with E-state index in [9.17, 15) is 4.79 Å². The topological polar surface area (TPSA) is 61.6 Å². The van der Waals surface area contributed by atoms with Gasteiger partial charge >= 0.3 is 5.97 Å². The van der Waals surface area contributed by atoms with E-state index in [1.807, 2.05) is 32.0 Å². The number of ether oxygens (including phenoxy) is 2. The molecule has 0 spiro atoms. The molecule has 5 heteroatoms. The molecule has 0 fully saturated rings. The quantitative estimate of drug-likeness (QED) is 0.876. The molecule has 2 N–H and O–H groups in total. The minimum absolute atomic E-state index is 0.415. The van der Waals surface area contributed by atoms with Crippen LogP contribution in [0.15, 0.2) is 18.2 Å². The van der Waals surface area contributed by atoms with Gasteiger partial charge in [-0.1, -0.05) is 18.6 Å². The van der Waals surface area contributed by atoms with Gasteiger partial charge in [0, 0.05) is 16.0 Å². The molecule has 0 aliphatic rings. The molecule has 0 amide bonds. The van der Waals surface area contributed by atoms with E-state index in [1.165, 1.54) is 18.4 Å². The Bertz CT molecular complexity index is 676. The van der Waals surface area contributed by atoms with E-state index in [0.29, 0.717) is 10.6 Å². The summed E-state index contributed by atoms with van der Waals surface area (Å²) in [5.74, 6) is 0.306. The average molecular weight is 305 g/mol. The van der Waals surface area contributed by atoms with Gasteiger partial charge in [0.05, 0.1) is 14.2 Å². The number of aryl methyl sites for hydroxylation is 2. The molecule has 0 saturated heterocycles. The van der Waals surface area contributed by atoms with Crippen molar-refractivity contribution in [3.05, 3.63) is 34.2 Å². The molecule has 1 aromatic heterocycles. The third kappa shape index (κ3) is 2.74. The highest BCUT2D eigenvalue weighted by atomic mass is 32.1. The molecule has 0 bridgehead atoms. The molecule has 0 atom stereocenters. The molecule has 0 saturated carbocycles. The Morgan fingerprint density at radius 2 is 2.05 bits per heavy atom. The van der Waals surface area contributed by atoms with Crippen molar-refractivity contribution in [2.45, 2.75) is 20.3 Å². The number of nitrogen functional groups attached to an aromatic ring is 1. The number of carbonyl (C=O) groups is 1. The summed E-state index contributed by atoms with van der Waals surface area (Å²) in [6.07, 6.45) is 0.790. The van der Waals surface area contributed by atoms with Crippen molar-refractivity contribution < 1.29 is 14.3 Å². The highest BCUT2D eigenvalue weighted by Gasteiger charge is 2.25. The van der Waals surface area contributed by atoms with Crippen LogP contribution in [0.3, 0.4) is 0 Å². The van der Waals surface area contributed by atoms with Gasteiger partial charge in [0.15, 0.2) is 0 Å². The van der Waals surface area contributed by atoms with E-state index in [4.69, 9.17) is 15.2 Å². The molecule has 1 heterocycles. The first-order valence-corrected chi connectivity index (χ1v) is 7.49. The lowest BCUT2D eigenvalue weighted by atomic mass is 9.97. The maximum absolute atomic E-state index is 12.1. The van der Waals surface area contributed by atoms with Crippen LogP contribution in [0.1, 0.15) is 27.7 Å². The lowest BCUT2D eigenvalue weighted by molar-refractivity contribution is 0.0603. The van der Waals surface area contributed by atoms with Crippen molar-refractivity contribution in [1.82, 2.24) is 0 Å². The molecule has 0 unspecified atom stereocenters. The zero-order valence-corrected chi connectivity index (χ0v) is 13.5. The third-order valence-electron chi connectivity index (χ3n) is 3.34. The molecule has 2 rings (SSSR count).